The van der Waals surface area contributed by atoms with Gasteiger partial charge in [0.15, 0.2) is 16.6 Å². The van der Waals surface area contributed by atoms with Crippen LogP contribution >= 0.6 is 11.3 Å². The molecule has 0 aliphatic carbocycles. The molecule has 1 atom stereocenters. The van der Waals surface area contributed by atoms with Crippen molar-refractivity contribution in [3.8, 4) is 11.5 Å². The normalized spacial score (nSPS) is 15.1. The van der Waals surface area contributed by atoms with Gasteiger partial charge in [-0.15, -0.1) is 0 Å². The molecule has 32 heavy (non-hydrogen) atoms. The van der Waals surface area contributed by atoms with Crippen molar-refractivity contribution in [1.29, 1.82) is 0 Å². The average Bonchev–Trinajstić information content (AvgIpc) is 3.46. The molecule has 0 bridgehead atoms. The van der Waals surface area contributed by atoms with Gasteiger partial charge in [-0.3, -0.25) is 9.69 Å². The topological polar surface area (TPSA) is 69.5 Å². The zero-order valence-electron chi connectivity index (χ0n) is 18.0. The quantitative estimate of drug-likeness (QED) is 0.438. The van der Waals surface area contributed by atoms with E-state index >= 15 is 0 Å². The van der Waals surface area contributed by atoms with Gasteiger partial charge in [-0.2, -0.15) is 0 Å². The van der Waals surface area contributed by atoms with Crippen molar-refractivity contribution in [3.63, 3.8) is 0 Å². The average molecular weight is 449 g/mol. The molecule has 3 heterocycles. The van der Waals surface area contributed by atoms with Gasteiger partial charge in [0.25, 0.3) is 5.91 Å². The molecule has 4 aromatic rings. The molecule has 0 fully saturated rings. The maximum Gasteiger partial charge on any atom is 0.273 e. The van der Waals surface area contributed by atoms with Crippen molar-refractivity contribution in [1.82, 2.24) is 14.5 Å². The Hall–Kier alpha value is -3.39. The van der Waals surface area contributed by atoms with E-state index in [-0.39, 0.29) is 12.5 Å². The zero-order valence-corrected chi connectivity index (χ0v) is 18.8. The van der Waals surface area contributed by atoms with E-state index in [1.807, 2.05) is 35.0 Å². The molecule has 2 aromatic carbocycles. The number of benzene rings is 2. The predicted octanol–water partition coefficient (Wildman–Crippen LogP) is 4.37. The lowest BCUT2D eigenvalue weighted by atomic mass is 10.1. The fourth-order valence-electron chi connectivity index (χ4n) is 3.93. The minimum atomic E-state index is -0.715. The molecule has 0 saturated carbocycles. The Morgan fingerprint density at radius 3 is 2.91 bits per heavy atom. The van der Waals surface area contributed by atoms with E-state index in [4.69, 9.17) is 14.5 Å². The number of carbonyl (C=O) groups excluding carboxylic acids is 1. The summed E-state index contributed by atoms with van der Waals surface area (Å²) in [5, 5.41) is 0.687. The predicted molar refractivity (Wildman–Crippen MR) is 125 cm³/mol. The lowest BCUT2D eigenvalue weighted by molar-refractivity contribution is -0.127. The van der Waals surface area contributed by atoms with E-state index in [1.54, 1.807) is 28.8 Å². The van der Waals surface area contributed by atoms with Gasteiger partial charge < -0.3 is 14.0 Å². The van der Waals surface area contributed by atoms with Crippen LogP contribution in [0.15, 0.2) is 55.1 Å². The third kappa shape index (κ3) is 4.05. The number of aryl methyl sites for hydroxylation is 3. The van der Waals surface area contributed by atoms with E-state index in [2.05, 4.69) is 31.0 Å². The Kier molecular flexibility index (Phi) is 5.53. The summed E-state index contributed by atoms with van der Waals surface area (Å²) < 4.78 is 14.9. The fourth-order valence-corrected chi connectivity index (χ4v) is 4.97. The molecule has 0 radical (unpaired) electrons. The summed E-state index contributed by atoms with van der Waals surface area (Å²) >= 11 is 1.55. The number of thiazole rings is 1. The molecule has 8 heteroatoms. The van der Waals surface area contributed by atoms with Crippen molar-refractivity contribution >= 4 is 32.6 Å². The molecular weight excluding hydrogens is 424 g/mol. The number of imidazole rings is 1. The first-order valence-corrected chi connectivity index (χ1v) is 11.4. The first kappa shape index (κ1) is 20.5. The maximum atomic E-state index is 13.6. The summed E-state index contributed by atoms with van der Waals surface area (Å²) in [6.45, 7) is 5.60. The van der Waals surface area contributed by atoms with Gasteiger partial charge in [0.05, 0.1) is 16.5 Å². The van der Waals surface area contributed by atoms with Crippen LogP contribution in [0.25, 0.3) is 10.2 Å². The molecule has 1 amide bonds. The van der Waals surface area contributed by atoms with E-state index < -0.39 is 6.10 Å². The van der Waals surface area contributed by atoms with E-state index in [9.17, 15) is 4.79 Å². The van der Waals surface area contributed by atoms with Crippen LogP contribution in [0.3, 0.4) is 0 Å². The van der Waals surface area contributed by atoms with E-state index in [0.717, 1.165) is 28.7 Å². The number of amides is 1. The number of anilines is 1. The van der Waals surface area contributed by atoms with Crippen molar-refractivity contribution in [2.45, 2.75) is 32.9 Å². The number of rotatable bonds is 6. The molecule has 1 aliphatic heterocycles. The summed E-state index contributed by atoms with van der Waals surface area (Å²) in [5.74, 6) is 1.11. The van der Waals surface area contributed by atoms with Crippen LogP contribution < -0.4 is 14.4 Å². The monoisotopic (exact) mass is 448 g/mol. The van der Waals surface area contributed by atoms with Gasteiger partial charge in [0, 0.05) is 25.5 Å². The number of hydrogen-bond donors (Lipinski definition) is 0. The van der Waals surface area contributed by atoms with Crippen molar-refractivity contribution in [3.05, 3.63) is 66.2 Å². The fraction of sp³-hybridized carbons (Fsp3) is 0.292. The highest BCUT2D eigenvalue weighted by Crippen LogP contribution is 2.35. The van der Waals surface area contributed by atoms with Crippen LogP contribution in [0.2, 0.25) is 0 Å². The molecule has 1 aliphatic rings. The highest BCUT2D eigenvalue weighted by molar-refractivity contribution is 7.22. The molecule has 7 nitrogen and oxygen atoms in total. The van der Waals surface area contributed by atoms with Crippen LogP contribution in [-0.4, -0.2) is 39.7 Å². The van der Waals surface area contributed by atoms with Crippen LogP contribution in [-0.2, 0) is 11.3 Å². The number of ether oxygens (including phenoxy) is 2. The second-order valence-corrected chi connectivity index (χ2v) is 8.91. The first-order chi connectivity index (χ1) is 15.6. The molecular formula is C24H24N4O3S. The van der Waals surface area contributed by atoms with Crippen molar-refractivity contribution < 1.29 is 14.3 Å². The largest absolute Gasteiger partial charge is 0.485 e. The molecule has 0 N–H and O–H groups in total. The van der Waals surface area contributed by atoms with Crippen molar-refractivity contribution in [2.24, 2.45) is 0 Å². The maximum absolute atomic E-state index is 13.6. The van der Waals surface area contributed by atoms with Crippen molar-refractivity contribution in [2.75, 3.05) is 18.1 Å². The second-order valence-electron chi connectivity index (χ2n) is 7.93. The standard InChI is InChI=1S/C24H24N4O3S/c1-16-12-17(2)22-18(13-16)26-24(32-22)28(10-5-9-27-11-8-25-15-27)23(29)21-14-30-19-6-3-4-7-20(19)31-21/h3-4,6-8,11-13,15,21H,5,9-10,14H2,1-2H3. The lowest BCUT2D eigenvalue weighted by Gasteiger charge is -2.29. The van der Waals surface area contributed by atoms with Gasteiger partial charge in [-0.1, -0.05) is 29.5 Å². The summed E-state index contributed by atoms with van der Waals surface area (Å²) in [6.07, 6.45) is 5.51. The highest BCUT2D eigenvalue weighted by atomic mass is 32.1. The number of carbonyl (C=O) groups is 1. The first-order valence-electron chi connectivity index (χ1n) is 10.6. The third-order valence-electron chi connectivity index (χ3n) is 5.45. The van der Waals surface area contributed by atoms with Crippen LogP contribution in [0, 0.1) is 13.8 Å². The van der Waals surface area contributed by atoms with Gasteiger partial charge >= 0.3 is 0 Å². The van der Waals surface area contributed by atoms with Gasteiger partial charge in [0.1, 0.15) is 6.61 Å². The molecule has 5 rings (SSSR count). The number of aromatic nitrogens is 3. The molecule has 1 unspecified atom stereocenters. The highest BCUT2D eigenvalue weighted by Gasteiger charge is 2.33. The lowest BCUT2D eigenvalue weighted by Crippen LogP contribution is -2.47. The van der Waals surface area contributed by atoms with Gasteiger partial charge in [-0.05, 0) is 49.6 Å². The second kappa shape index (κ2) is 8.63. The zero-order chi connectivity index (χ0) is 22.1. The Labute approximate surface area is 190 Å². The SMILES string of the molecule is Cc1cc(C)c2sc(N(CCCn3ccnc3)C(=O)C3COc4ccccc4O3)nc2c1. The van der Waals surface area contributed by atoms with Gasteiger partial charge in [-0.25, -0.2) is 9.97 Å². The minimum Gasteiger partial charge on any atom is -0.485 e. The summed E-state index contributed by atoms with van der Waals surface area (Å²) in [7, 11) is 0. The van der Waals surface area contributed by atoms with E-state index in [1.165, 1.54) is 5.56 Å². The molecule has 0 spiro atoms. The molecule has 2 aromatic heterocycles. The number of nitrogens with zero attached hydrogens (tertiary/aromatic N) is 4. The number of para-hydroxylation sites is 2. The van der Waals surface area contributed by atoms with Gasteiger partial charge in [0.2, 0.25) is 6.10 Å². The Bertz CT molecular complexity index is 1250. The Balaban J connectivity index is 1.42. The van der Waals surface area contributed by atoms with Crippen LogP contribution in [0.1, 0.15) is 17.5 Å². The smallest absolute Gasteiger partial charge is 0.273 e. The Morgan fingerprint density at radius 2 is 2.09 bits per heavy atom. The number of hydrogen-bond acceptors (Lipinski definition) is 6. The number of fused-ring (bicyclic) bond motifs is 2. The minimum absolute atomic E-state index is 0.140. The van der Waals surface area contributed by atoms with E-state index in [0.29, 0.717) is 23.2 Å². The molecule has 164 valence electrons. The summed E-state index contributed by atoms with van der Waals surface area (Å²) in [5.41, 5.74) is 3.24. The summed E-state index contributed by atoms with van der Waals surface area (Å²) in [4.78, 5) is 24.3. The Morgan fingerprint density at radius 1 is 1.25 bits per heavy atom. The third-order valence-corrected chi connectivity index (χ3v) is 6.68. The van der Waals surface area contributed by atoms with Crippen LogP contribution in [0.4, 0.5) is 5.13 Å². The molecule has 0 saturated heterocycles. The summed E-state index contributed by atoms with van der Waals surface area (Å²) in [6, 6.07) is 11.6. The van der Waals surface area contributed by atoms with Crippen LogP contribution in [0.5, 0.6) is 11.5 Å².